The summed E-state index contributed by atoms with van der Waals surface area (Å²) < 4.78 is 16.0. The van der Waals surface area contributed by atoms with E-state index in [1.807, 2.05) is 18.2 Å². The average molecular weight is 401 g/mol. The Morgan fingerprint density at radius 3 is 2.86 bits per heavy atom. The molecule has 0 saturated carbocycles. The first kappa shape index (κ1) is 20.9. The van der Waals surface area contributed by atoms with Crippen molar-refractivity contribution in [3.8, 4) is 5.75 Å². The van der Waals surface area contributed by atoms with E-state index in [1.165, 1.54) is 6.26 Å². The molecule has 1 aliphatic rings. The van der Waals surface area contributed by atoms with E-state index < -0.39 is 0 Å². The van der Waals surface area contributed by atoms with Crippen LogP contribution in [0.15, 0.2) is 28.9 Å². The number of anilines is 1. The van der Waals surface area contributed by atoms with Gasteiger partial charge in [-0.25, -0.2) is 4.98 Å². The summed E-state index contributed by atoms with van der Waals surface area (Å²) in [5.41, 5.74) is 1.88. The van der Waals surface area contributed by atoms with Crippen LogP contribution in [-0.4, -0.2) is 43.7 Å². The minimum atomic E-state index is -0.320. The molecule has 0 aliphatic carbocycles. The Bertz CT molecular complexity index is 885. The van der Waals surface area contributed by atoms with Crippen LogP contribution in [0.1, 0.15) is 49.1 Å². The second-order valence-corrected chi connectivity index (χ2v) is 7.93. The predicted molar refractivity (Wildman–Crippen MR) is 107 cm³/mol. The maximum atomic E-state index is 12.5. The van der Waals surface area contributed by atoms with Crippen LogP contribution in [0.5, 0.6) is 5.75 Å². The number of carbonyl (C=O) groups excluding carboxylic acids is 2. The van der Waals surface area contributed by atoms with Crippen molar-refractivity contribution in [2.45, 2.75) is 39.2 Å². The number of nitrogens with one attached hydrogen (secondary N) is 1. The molecule has 1 N–H and O–H groups in total. The fourth-order valence-corrected chi connectivity index (χ4v) is 2.97. The molecule has 156 valence electrons. The zero-order valence-corrected chi connectivity index (χ0v) is 17.3. The number of carbonyl (C=O) groups is 2. The maximum Gasteiger partial charge on any atom is 0.273 e. The number of aromatic nitrogens is 1. The molecule has 0 spiro atoms. The van der Waals surface area contributed by atoms with Gasteiger partial charge in [0.1, 0.15) is 18.6 Å². The number of hydrogen-bond donors (Lipinski definition) is 1. The van der Waals surface area contributed by atoms with E-state index in [0.29, 0.717) is 31.0 Å². The molecule has 0 atom stereocenters. The van der Waals surface area contributed by atoms with E-state index in [4.69, 9.17) is 13.9 Å². The molecule has 0 radical (unpaired) electrons. The van der Waals surface area contributed by atoms with E-state index in [0.717, 1.165) is 5.56 Å². The number of ether oxygens (including phenoxy) is 2. The summed E-state index contributed by atoms with van der Waals surface area (Å²) in [6.07, 6.45) is 2.01. The molecule has 1 aromatic carbocycles. The summed E-state index contributed by atoms with van der Waals surface area (Å²) in [6, 6.07) is 5.84. The van der Waals surface area contributed by atoms with Crippen LogP contribution in [-0.2, 0) is 21.5 Å². The van der Waals surface area contributed by atoms with Crippen molar-refractivity contribution in [3.63, 3.8) is 0 Å². The molecule has 0 fully saturated rings. The lowest BCUT2D eigenvalue weighted by Gasteiger charge is -2.30. The van der Waals surface area contributed by atoms with Gasteiger partial charge >= 0.3 is 0 Å². The molecular formula is C21H27N3O5. The molecule has 8 heteroatoms. The van der Waals surface area contributed by atoms with Crippen molar-refractivity contribution < 1.29 is 23.5 Å². The minimum absolute atomic E-state index is 0.0462. The third kappa shape index (κ3) is 4.95. The van der Waals surface area contributed by atoms with Gasteiger partial charge in [-0.2, -0.15) is 0 Å². The highest BCUT2D eigenvalue weighted by Gasteiger charge is 2.29. The standard InChI is InChI=1S/C21H27N3O5/c1-21(2,3)14-6-7-17-16(10-14)24(19(25)13-28-17)11-18-23-15(12-29-18)20(26)22-8-5-9-27-4/h6-7,10,12H,5,8-9,11,13H2,1-4H3,(H,22,26). The number of hydrogen-bond acceptors (Lipinski definition) is 6. The zero-order chi connectivity index (χ0) is 21.0. The van der Waals surface area contributed by atoms with Crippen molar-refractivity contribution in [2.75, 3.05) is 31.8 Å². The highest BCUT2D eigenvalue weighted by molar-refractivity contribution is 5.98. The number of amides is 2. The molecular weight excluding hydrogens is 374 g/mol. The van der Waals surface area contributed by atoms with Gasteiger partial charge in [-0.3, -0.25) is 14.5 Å². The SMILES string of the molecule is COCCCNC(=O)c1coc(CN2C(=O)COc3ccc(C(C)(C)C)cc32)n1. The molecule has 8 nitrogen and oxygen atoms in total. The van der Waals surface area contributed by atoms with Crippen LogP contribution in [0.3, 0.4) is 0 Å². The number of methoxy groups -OCH3 is 1. The maximum absolute atomic E-state index is 12.5. The fourth-order valence-electron chi connectivity index (χ4n) is 2.97. The molecule has 1 aliphatic heterocycles. The Morgan fingerprint density at radius 2 is 2.14 bits per heavy atom. The number of nitrogens with zero attached hydrogens (tertiary/aromatic N) is 2. The van der Waals surface area contributed by atoms with E-state index in [9.17, 15) is 9.59 Å². The Kier molecular flexibility index (Phi) is 6.22. The smallest absolute Gasteiger partial charge is 0.273 e. The largest absolute Gasteiger partial charge is 0.482 e. The van der Waals surface area contributed by atoms with Crippen LogP contribution in [0.4, 0.5) is 5.69 Å². The fraction of sp³-hybridized carbons (Fsp3) is 0.476. The Hall–Kier alpha value is -2.87. The lowest BCUT2D eigenvalue weighted by Crippen LogP contribution is -2.38. The van der Waals surface area contributed by atoms with Crippen molar-refractivity contribution in [1.82, 2.24) is 10.3 Å². The van der Waals surface area contributed by atoms with Gasteiger partial charge in [0, 0.05) is 20.3 Å². The molecule has 1 aromatic heterocycles. The highest BCUT2D eigenvalue weighted by Crippen LogP contribution is 2.37. The van der Waals surface area contributed by atoms with Crippen LogP contribution >= 0.6 is 0 Å². The van der Waals surface area contributed by atoms with E-state index in [-0.39, 0.29) is 42.0 Å². The molecule has 29 heavy (non-hydrogen) atoms. The Morgan fingerprint density at radius 1 is 1.34 bits per heavy atom. The molecule has 2 amide bonds. The van der Waals surface area contributed by atoms with E-state index in [1.54, 1.807) is 12.0 Å². The quantitative estimate of drug-likeness (QED) is 0.717. The number of oxazole rings is 1. The second kappa shape index (κ2) is 8.65. The monoisotopic (exact) mass is 401 g/mol. The first-order valence-electron chi connectivity index (χ1n) is 9.59. The zero-order valence-electron chi connectivity index (χ0n) is 17.3. The molecule has 0 unspecified atom stereocenters. The lowest BCUT2D eigenvalue weighted by molar-refractivity contribution is -0.121. The van der Waals surface area contributed by atoms with Gasteiger partial charge in [0.05, 0.1) is 5.69 Å². The van der Waals surface area contributed by atoms with Crippen LogP contribution in [0, 0.1) is 0 Å². The molecule has 2 heterocycles. The first-order chi connectivity index (χ1) is 13.8. The van der Waals surface area contributed by atoms with Crippen LogP contribution < -0.4 is 15.0 Å². The van der Waals surface area contributed by atoms with Crippen molar-refractivity contribution >= 4 is 17.5 Å². The number of benzene rings is 1. The summed E-state index contributed by atoms with van der Waals surface area (Å²) in [5, 5.41) is 2.76. The van der Waals surface area contributed by atoms with Gasteiger partial charge in [0.2, 0.25) is 5.89 Å². The third-order valence-electron chi connectivity index (χ3n) is 4.66. The summed E-state index contributed by atoms with van der Waals surface area (Å²) >= 11 is 0. The van der Waals surface area contributed by atoms with Crippen molar-refractivity contribution in [3.05, 3.63) is 41.6 Å². The van der Waals surface area contributed by atoms with Gasteiger partial charge < -0.3 is 19.2 Å². The van der Waals surface area contributed by atoms with Crippen LogP contribution in [0.25, 0.3) is 0 Å². The molecule has 3 rings (SSSR count). The average Bonchev–Trinajstić information content (AvgIpc) is 3.15. The Balaban J connectivity index is 1.75. The van der Waals surface area contributed by atoms with Crippen molar-refractivity contribution in [1.29, 1.82) is 0 Å². The molecule has 2 aromatic rings. The number of fused-ring (bicyclic) bond motifs is 1. The van der Waals surface area contributed by atoms with E-state index in [2.05, 4.69) is 31.1 Å². The van der Waals surface area contributed by atoms with Crippen LogP contribution in [0.2, 0.25) is 0 Å². The highest BCUT2D eigenvalue weighted by atomic mass is 16.5. The van der Waals surface area contributed by atoms with Gasteiger partial charge in [-0.15, -0.1) is 0 Å². The van der Waals surface area contributed by atoms with Crippen molar-refractivity contribution in [2.24, 2.45) is 0 Å². The summed E-state index contributed by atoms with van der Waals surface area (Å²) in [4.78, 5) is 30.5. The van der Waals surface area contributed by atoms with E-state index >= 15 is 0 Å². The Labute approximate surface area is 170 Å². The topological polar surface area (TPSA) is 93.9 Å². The molecule has 0 bridgehead atoms. The molecule has 0 saturated heterocycles. The normalized spacial score (nSPS) is 13.8. The summed E-state index contributed by atoms with van der Waals surface area (Å²) in [6.45, 7) is 7.46. The third-order valence-corrected chi connectivity index (χ3v) is 4.66. The second-order valence-electron chi connectivity index (χ2n) is 7.93. The predicted octanol–water partition coefficient (Wildman–Crippen LogP) is 2.66. The number of rotatable bonds is 7. The van der Waals surface area contributed by atoms with Gasteiger partial charge in [0.25, 0.3) is 11.8 Å². The van der Waals surface area contributed by atoms with Gasteiger partial charge in [-0.05, 0) is 29.5 Å². The lowest BCUT2D eigenvalue weighted by atomic mass is 9.86. The summed E-state index contributed by atoms with van der Waals surface area (Å²) in [5.74, 6) is 0.418. The van der Waals surface area contributed by atoms with Gasteiger partial charge in [0.15, 0.2) is 12.3 Å². The van der Waals surface area contributed by atoms with Gasteiger partial charge in [-0.1, -0.05) is 26.8 Å². The summed E-state index contributed by atoms with van der Waals surface area (Å²) in [7, 11) is 1.61. The minimum Gasteiger partial charge on any atom is -0.482 e. The first-order valence-corrected chi connectivity index (χ1v) is 9.59.